The maximum absolute atomic E-state index is 10.7. The highest BCUT2D eigenvalue weighted by Gasteiger charge is 2.05. The maximum atomic E-state index is 10.7. The number of pyridine rings is 1. The van der Waals surface area contributed by atoms with E-state index in [9.17, 15) is 18.5 Å². The molecule has 0 aliphatic carbocycles. The van der Waals surface area contributed by atoms with Crippen LogP contribution in [0, 0.1) is 10.1 Å². The van der Waals surface area contributed by atoms with Gasteiger partial charge in [-0.15, -0.1) is 4.83 Å². The van der Waals surface area contributed by atoms with E-state index >= 15 is 0 Å². The van der Waals surface area contributed by atoms with E-state index < -0.39 is 14.9 Å². The third-order valence-corrected chi connectivity index (χ3v) is 1.80. The summed E-state index contributed by atoms with van der Waals surface area (Å²) in [7, 11) is -3.38. The molecule has 0 fully saturated rings. The zero-order valence-corrected chi connectivity index (χ0v) is 8.48. The Bertz CT molecular complexity index is 455. The molecule has 0 aromatic carbocycles. The number of anilines is 1. The van der Waals surface area contributed by atoms with Crippen LogP contribution in [0.15, 0.2) is 18.3 Å². The van der Waals surface area contributed by atoms with Crippen LogP contribution in [0.25, 0.3) is 0 Å². The summed E-state index contributed by atoms with van der Waals surface area (Å²) in [6.07, 6.45) is 1.98. The van der Waals surface area contributed by atoms with E-state index in [1.165, 1.54) is 12.1 Å². The molecule has 0 spiro atoms. The van der Waals surface area contributed by atoms with Crippen molar-refractivity contribution in [3.8, 4) is 0 Å². The Kier molecular flexibility index (Phi) is 3.17. The average Bonchev–Trinajstić information content (AvgIpc) is 2.14. The number of hydrazine groups is 1. The minimum atomic E-state index is -3.38. The number of aromatic nitrogens is 1. The largest absolute Gasteiger partial charge is 0.292 e. The molecule has 0 radical (unpaired) electrons. The van der Waals surface area contributed by atoms with Crippen molar-refractivity contribution in [1.82, 2.24) is 9.82 Å². The van der Waals surface area contributed by atoms with Crippen molar-refractivity contribution in [2.24, 2.45) is 0 Å². The molecule has 0 bridgehead atoms. The van der Waals surface area contributed by atoms with E-state index in [-0.39, 0.29) is 11.5 Å². The molecule has 0 aliphatic rings. The summed E-state index contributed by atoms with van der Waals surface area (Å²) < 4.78 is 21.3. The average molecular weight is 232 g/mol. The molecule has 0 atom stereocenters. The lowest BCUT2D eigenvalue weighted by Gasteiger charge is -2.03. The molecule has 1 aromatic heterocycles. The van der Waals surface area contributed by atoms with Crippen LogP contribution in [0.2, 0.25) is 0 Å². The minimum absolute atomic E-state index is 0.167. The van der Waals surface area contributed by atoms with Gasteiger partial charge >= 0.3 is 0 Å². The fourth-order valence-electron chi connectivity index (χ4n) is 0.713. The molecular formula is C6H8N4O4S. The van der Waals surface area contributed by atoms with Crippen molar-refractivity contribution in [1.29, 1.82) is 0 Å². The summed E-state index contributed by atoms with van der Waals surface area (Å²) in [5.41, 5.74) is 2.11. The molecule has 0 aliphatic heterocycles. The number of rotatable bonds is 4. The molecule has 0 unspecified atom stereocenters. The number of hydrogen-bond donors (Lipinski definition) is 2. The van der Waals surface area contributed by atoms with Crippen molar-refractivity contribution < 1.29 is 13.3 Å². The van der Waals surface area contributed by atoms with Crippen LogP contribution < -0.4 is 10.3 Å². The molecule has 1 heterocycles. The number of nitrogens with one attached hydrogen (secondary N) is 2. The van der Waals surface area contributed by atoms with Crippen molar-refractivity contribution in [2.45, 2.75) is 0 Å². The van der Waals surface area contributed by atoms with Crippen LogP contribution in [-0.2, 0) is 10.0 Å². The highest BCUT2D eigenvalue weighted by molar-refractivity contribution is 7.88. The summed E-state index contributed by atoms with van der Waals surface area (Å²) >= 11 is 0. The van der Waals surface area contributed by atoms with Gasteiger partial charge in [0.1, 0.15) is 12.0 Å². The summed E-state index contributed by atoms with van der Waals surface area (Å²) in [6.45, 7) is 0. The van der Waals surface area contributed by atoms with Crippen molar-refractivity contribution >= 4 is 21.5 Å². The number of sulfonamides is 1. The lowest BCUT2D eigenvalue weighted by Crippen LogP contribution is -2.28. The first kappa shape index (κ1) is 11.3. The molecule has 0 saturated carbocycles. The molecule has 9 heteroatoms. The Hall–Kier alpha value is -1.74. The quantitative estimate of drug-likeness (QED) is 0.551. The van der Waals surface area contributed by atoms with Gasteiger partial charge in [-0.1, -0.05) is 0 Å². The summed E-state index contributed by atoms with van der Waals surface area (Å²) in [5.74, 6) is 0.172. The van der Waals surface area contributed by atoms with Crippen LogP contribution in [0.1, 0.15) is 0 Å². The van der Waals surface area contributed by atoms with Gasteiger partial charge in [-0.25, -0.2) is 13.4 Å². The molecule has 0 saturated heterocycles. The minimum Gasteiger partial charge on any atom is -0.292 e. The second-order valence-corrected chi connectivity index (χ2v) is 4.41. The molecule has 15 heavy (non-hydrogen) atoms. The van der Waals surface area contributed by atoms with Gasteiger partial charge in [-0.05, 0) is 6.07 Å². The molecule has 8 nitrogen and oxygen atoms in total. The molecular weight excluding hydrogens is 224 g/mol. The van der Waals surface area contributed by atoms with Crippen LogP contribution in [0.4, 0.5) is 11.5 Å². The lowest BCUT2D eigenvalue weighted by molar-refractivity contribution is -0.385. The second-order valence-electron chi connectivity index (χ2n) is 2.66. The van der Waals surface area contributed by atoms with Gasteiger partial charge in [0.05, 0.1) is 11.2 Å². The third-order valence-electron chi connectivity index (χ3n) is 1.32. The third kappa shape index (κ3) is 3.87. The lowest BCUT2D eigenvalue weighted by atomic mass is 10.4. The SMILES string of the molecule is CS(=O)(=O)NNc1ccc([N+](=O)[O-])cn1. The predicted molar refractivity (Wildman–Crippen MR) is 52.5 cm³/mol. The Balaban J connectivity index is 2.69. The molecule has 2 N–H and O–H groups in total. The van der Waals surface area contributed by atoms with Crippen LogP contribution in [-0.4, -0.2) is 24.6 Å². The summed E-state index contributed by atoms with van der Waals surface area (Å²) in [4.78, 5) is 15.3. The number of nitro groups is 1. The van der Waals surface area contributed by atoms with Crippen molar-refractivity contribution in [2.75, 3.05) is 11.7 Å². The topological polar surface area (TPSA) is 114 Å². The van der Waals surface area contributed by atoms with Crippen LogP contribution >= 0.6 is 0 Å². The smallest absolute Gasteiger partial charge is 0.287 e. The van der Waals surface area contributed by atoms with E-state index in [1.807, 2.05) is 4.83 Å². The first-order valence-corrected chi connectivity index (χ1v) is 5.61. The molecule has 1 aromatic rings. The van der Waals surface area contributed by atoms with E-state index in [1.54, 1.807) is 0 Å². The standard InChI is InChI=1S/C6H8N4O4S/c1-15(13,14)9-8-6-3-2-5(4-7-6)10(11)12/h2-4,9H,1H3,(H,7,8). The maximum Gasteiger partial charge on any atom is 0.287 e. The van der Waals surface area contributed by atoms with Crippen molar-refractivity contribution in [3.63, 3.8) is 0 Å². The normalized spacial score (nSPS) is 11.0. The monoisotopic (exact) mass is 232 g/mol. The highest BCUT2D eigenvalue weighted by atomic mass is 32.2. The zero-order valence-electron chi connectivity index (χ0n) is 7.67. The van der Waals surface area contributed by atoms with E-state index in [4.69, 9.17) is 0 Å². The Morgan fingerprint density at radius 1 is 1.47 bits per heavy atom. The Morgan fingerprint density at radius 3 is 2.53 bits per heavy atom. The Labute approximate surface area is 85.5 Å². The summed E-state index contributed by atoms with van der Waals surface area (Å²) in [5, 5.41) is 10.3. The fourth-order valence-corrected chi connectivity index (χ4v) is 1.00. The Morgan fingerprint density at radius 2 is 2.13 bits per heavy atom. The highest BCUT2D eigenvalue weighted by Crippen LogP contribution is 2.10. The van der Waals surface area contributed by atoms with Gasteiger partial charge in [-0.3, -0.25) is 15.5 Å². The van der Waals surface area contributed by atoms with E-state index in [0.29, 0.717) is 0 Å². The number of nitrogens with zero attached hydrogens (tertiary/aromatic N) is 2. The van der Waals surface area contributed by atoms with Gasteiger partial charge in [0.25, 0.3) is 5.69 Å². The van der Waals surface area contributed by atoms with Crippen LogP contribution in [0.5, 0.6) is 0 Å². The second kappa shape index (κ2) is 4.19. The van der Waals surface area contributed by atoms with Gasteiger partial charge in [0.15, 0.2) is 0 Å². The van der Waals surface area contributed by atoms with Gasteiger partial charge in [-0.2, -0.15) is 0 Å². The molecule has 1 rings (SSSR count). The van der Waals surface area contributed by atoms with Gasteiger partial charge in [0.2, 0.25) is 10.0 Å². The van der Waals surface area contributed by atoms with Gasteiger partial charge in [0, 0.05) is 6.07 Å². The first-order valence-electron chi connectivity index (χ1n) is 3.72. The molecule has 0 amide bonds. The predicted octanol–water partition coefficient (Wildman–Crippen LogP) is -0.134. The van der Waals surface area contributed by atoms with Gasteiger partial charge < -0.3 is 0 Å². The van der Waals surface area contributed by atoms with E-state index in [0.717, 1.165) is 12.5 Å². The van der Waals surface area contributed by atoms with Crippen molar-refractivity contribution in [3.05, 3.63) is 28.4 Å². The van der Waals surface area contributed by atoms with E-state index in [2.05, 4.69) is 10.4 Å². The first-order chi connectivity index (χ1) is 6.88. The fraction of sp³-hybridized carbons (Fsp3) is 0.167. The summed E-state index contributed by atoms with van der Waals surface area (Å²) in [6, 6.07) is 2.50. The number of hydrogen-bond acceptors (Lipinski definition) is 6. The van der Waals surface area contributed by atoms with Crippen LogP contribution in [0.3, 0.4) is 0 Å². The molecule has 82 valence electrons. The zero-order chi connectivity index (χ0) is 11.5.